The van der Waals surface area contributed by atoms with E-state index >= 15 is 0 Å². The van der Waals surface area contributed by atoms with Crippen LogP contribution < -0.4 is 0 Å². The molecule has 1 aliphatic heterocycles. The van der Waals surface area contributed by atoms with Gasteiger partial charge in [0.2, 0.25) is 0 Å². The lowest BCUT2D eigenvalue weighted by Gasteiger charge is -2.33. The van der Waals surface area contributed by atoms with E-state index in [-0.39, 0.29) is 5.97 Å². The van der Waals surface area contributed by atoms with Crippen molar-refractivity contribution >= 4 is 5.97 Å². The summed E-state index contributed by atoms with van der Waals surface area (Å²) >= 11 is 0. The molecule has 1 spiro atoms. The van der Waals surface area contributed by atoms with Crippen LogP contribution in [-0.2, 0) is 20.9 Å². The van der Waals surface area contributed by atoms with Crippen molar-refractivity contribution in [3.63, 3.8) is 0 Å². The third kappa shape index (κ3) is 2.50. The number of esters is 1. The second kappa shape index (κ2) is 5.08. The fourth-order valence-corrected chi connectivity index (χ4v) is 2.89. The minimum absolute atomic E-state index is 0.259. The molecule has 1 heterocycles. The molecule has 0 bridgehead atoms. The van der Waals surface area contributed by atoms with E-state index in [1.54, 1.807) is 0 Å². The minimum atomic E-state index is -0.468. The van der Waals surface area contributed by atoms with Crippen LogP contribution in [0.25, 0.3) is 0 Å². The molecule has 1 fully saturated rings. The van der Waals surface area contributed by atoms with Crippen molar-refractivity contribution in [1.29, 1.82) is 0 Å². The SMILES string of the molecule is O=C1C=C(OCc2ccccc2)C2(CCCCC2)O1. The Labute approximate surface area is 113 Å². The second-order valence-electron chi connectivity index (χ2n) is 5.26. The Balaban J connectivity index is 1.71. The monoisotopic (exact) mass is 258 g/mol. The normalized spacial score (nSPS) is 21.1. The standard InChI is InChI=1S/C16H18O3/c17-15-11-14(16(19-15)9-5-2-6-10-16)18-12-13-7-3-1-4-8-13/h1,3-4,7-8,11H,2,5-6,9-10,12H2. The Morgan fingerprint density at radius 1 is 1.11 bits per heavy atom. The Kier molecular flexibility index (Phi) is 3.28. The Hall–Kier alpha value is -1.77. The van der Waals surface area contributed by atoms with Crippen molar-refractivity contribution in [1.82, 2.24) is 0 Å². The zero-order valence-corrected chi connectivity index (χ0v) is 10.9. The van der Waals surface area contributed by atoms with Crippen molar-refractivity contribution in [3.8, 4) is 0 Å². The third-order valence-corrected chi connectivity index (χ3v) is 3.89. The average molecular weight is 258 g/mol. The van der Waals surface area contributed by atoms with Crippen LogP contribution in [0.3, 0.4) is 0 Å². The van der Waals surface area contributed by atoms with E-state index in [9.17, 15) is 4.79 Å². The lowest BCUT2D eigenvalue weighted by atomic mass is 9.84. The molecule has 0 N–H and O–H groups in total. The molecular weight excluding hydrogens is 240 g/mol. The highest BCUT2D eigenvalue weighted by Crippen LogP contribution is 2.41. The van der Waals surface area contributed by atoms with Crippen LogP contribution in [0.15, 0.2) is 42.2 Å². The summed E-state index contributed by atoms with van der Waals surface area (Å²) in [6.45, 7) is 0.491. The molecule has 2 aliphatic rings. The van der Waals surface area contributed by atoms with Gasteiger partial charge in [-0.1, -0.05) is 36.8 Å². The van der Waals surface area contributed by atoms with Gasteiger partial charge in [0.1, 0.15) is 12.4 Å². The molecule has 3 rings (SSSR count). The second-order valence-corrected chi connectivity index (χ2v) is 5.26. The van der Waals surface area contributed by atoms with Gasteiger partial charge in [0.25, 0.3) is 0 Å². The highest BCUT2D eigenvalue weighted by Gasteiger charge is 2.45. The molecule has 0 aromatic heterocycles. The molecule has 0 unspecified atom stereocenters. The molecule has 1 aromatic carbocycles. The smallest absolute Gasteiger partial charge is 0.335 e. The molecule has 1 aliphatic carbocycles. The van der Waals surface area contributed by atoms with Crippen LogP contribution in [0.2, 0.25) is 0 Å². The Morgan fingerprint density at radius 3 is 2.58 bits per heavy atom. The number of carbonyl (C=O) groups is 1. The molecule has 1 aromatic rings. The zero-order valence-electron chi connectivity index (χ0n) is 10.9. The largest absolute Gasteiger partial charge is 0.489 e. The maximum Gasteiger partial charge on any atom is 0.335 e. The van der Waals surface area contributed by atoms with Gasteiger partial charge in [-0.05, 0) is 31.2 Å². The van der Waals surface area contributed by atoms with Gasteiger partial charge in [-0.25, -0.2) is 4.79 Å². The van der Waals surface area contributed by atoms with Gasteiger partial charge in [0.05, 0.1) is 6.08 Å². The summed E-state index contributed by atoms with van der Waals surface area (Å²) in [5, 5.41) is 0. The predicted molar refractivity (Wildman–Crippen MR) is 71.2 cm³/mol. The summed E-state index contributed by atoms with van der Waals surface area (Å²) in [4.78, 5) is 11.6. The minimum Gasteiger partial charge on any atom is -0.489 e. The van der Waals surface area contributed by atoms with E-state index in [0.717, 1.165) is 37.0 Å². The third-order valence-electron chi connectivity index (χ3n) is 3.89. The Bertz CT molecular complexity index is 484. The number of ether oxygens (including phenoxy) is 2. The molecule has 19 heavy (non-hydrogen) atoms. The molecule has 0 saturated heterocycles. The van der Waals surface area contributed by atoms with E-state index in [1.165, 1.54) is 12.5 Å². The van der Waals surface area contributed by atoms with Crippen LogP contribution >= 0.6 is 0 Å². The van der Waals surface area contributed by atoms with Gasteiger partial charge in [0, 0.05) is 0 Å². The van der Waals surface area contributed by atoms with Gasteiger partial charge >= 0.3 is 5.97 Å². The van der Waals surface area contributed by atoms with Gasteiger partial charge in [-0.2, -0.15) is 0 Å². The van der Waals surface area contributed by atoms with Crippen LogP contribution in [-0.4, -0.2) is 11.6 Å². The van der Waals surface area contributed by atoms with Gasteiger partial charge in [0.15, 0.2) is 5.60 Å². The fraction of sp³-hybridized carbons (Fsp3) is 0.438. The molecular formula is C16H18O3. The van der Waals surface area contributed by atoms with Crippen LogP contribution in [0, 0.1) is 0 Å². The Morgan fingerprint density at radius 2 is 1.84 bits per heavy atom. The first-order chi connectivity index (χ1) is 9.28. The number of benzene rings is 1. The topological polar surface area (TPSA) is 35.5 Å². The van der Waals surface area contributed by atoms with E-state index in [0.29, 0.717) is 6.61 Å². The number of hydrogen-bond acceptors (Lipinski definition) is 3. The predicted octanol–water partition coefficient (Wildman–Crippen LogP) is 3.35. The summed E-state index contributed by atoms with van der Waals surface area (Å²) in [6.07, 6.45) is 6.71. The molecule has 0 amide bonds. The van der Waals surface area contributed by atoms with Gasteiger partial charge in [-0.15, -0.1) is 0 Å². The summed E-state index contributed by atoms with van der Waals surface area (Å²) in [5.74, 6) is 0.464. The number of carbonyl (C=O) groups excluding carboxylic acids is 1. The summed E-state index contributed by atoms with van der Waals surface area (Å²) < 4.78 is 11.4. The summed E-state index contributed by atoms with van der Waals surface area (Å²) in [6, 6.07) is 9.99. The highest BCUT2D eigenvalue weighted by molar-refractivity contribution is 5.86. The zero-order chi connectivity index (χ0) is 13.1. The van der Waals surface area contributed by atoms with Crippen molar-refractivity contribution in [3.05, 3.63) is 47.7 Å². The number of rotatable bonds is 3. The molecule has 0 atom stereocenters. The first kappa shape index (κ1) is 12.3. The number of hydrogen-bond donors (Lipinski definition) is 0. The molecule has 0 radical (unpaired) electrons. The van der Waals surface area contributed by atoms with Gasteiger partial charge < -0.3 is 9.47 Å². The molecule has 100 valence electrons. The van der Waals surface area contributed by atoms with Crippen molar-refractivity contribution in [2.24, 2.45) is 0 Å². The van der Waals surface area contributed by atoms with Gasteiger partial charge in [-0.3, -0.25) is 0 Å². The lowest BCUT2D eigenvalue weighted by molar-refractivity contribution is -0.151. The maximum atomic E-state index is 11.6. The van der Waals surface area contributed by atoms with Crippen LogP contribution in [0.1, 0.15) is 37.7 Å². The highest BCUT2D eigenvalue weighted by atomic mass is 16.6. The van der Waals surface area contributed by atoms with Crippen molar-refractivity contribution < 1.29 is 14.3 Å². The fourth-order valence-electron chi connectivity index (χ4n) is 2.89. The summed E-state index contributed by atoms with van der Waals surface area (Å²) in [7, 11) is 0. The molecule has 3 heteroatoms. The van der Waals surface area contributed by atoms with E-state index < -0.39 is 5.60 Å². The quantitative estimate of drug-likeness (QED) is 0.780. The molecule has 1 saturated carbocycles. The summed E-state index contributed by atoms with van der Waals surface area (Å²) in [5.41, 5.74) is 0.637. The average Bonchev–Trinajstić information content (AvgIpc) is 2.74. The van der Waals surface area contributed by atoms with E-state index in [2.05, 4.69) is 0 Å². The first-order valence-electron chi connectivity index (χ1n) is 6.90. The van der Waals surface area contributed by atoms with E-state index in [4.69, 9.17) is 9.47 Å². The van der Waals surface area contributed by atoms with Crippen molar-refractivity contribution in [2.75, 3.05) is 0 Å². The maximum absolute atomic E-state index is 11.6. The van der Waals surface area contributed by atoms with Crippen LogP contribution in [0.5, 0.6) is 0 Å². The van der Waals surface area contributed by atoms with E-state index in [1.807, 2.05) is 30.3 Å². The van der Waals surface area contributed by atoms with Crippen molar-refractivity contribution in [2.45, 2.75) is 44.3 Å². The van der Waals surface area contributed by atoms with Crippen LogP contribution in [0.4, 0.5) is 0 Å². The first-order valence-corrected chi connectivity index (χ1v) is 6.90. The lowest BCUT2D eigenvalue weighted by Crippen LogP contribution is -2.35. The molecule has 3 nitrogen and oxygen atoms in total.